The molecule has 1 N–H and O–H groups in total. The number of hydrogen-bond donors (Lipinski definition) is 1. The minimum atomic E-state index is -1.08. The van der Waals surface area contributed by atoms with Gasteiger partial charge in [-0.2, -0.15) is 0 Å². The van der Waals surface area contributed by atoms with E-state index in [2.05, 4.69) is 44.8 Å². The van der Waals surface area contributed by atoms with E-state index in [0.29, 0.717) is 19.3 Å². The van der Waals surface area contributed by atoms with Gasteiger partial charge in [0.15, 0.2) is 0 Å². The molecule has 5 nitrogen and oxygen atoms in total. The summed E-state index contributed by atoms with van der Waals surface area (Å²) in [7, 11) is 3.47. The van der Waals surface area contributed by atoms with Gasteiger partial charge in [-0.05, 0) is 55.7 Å². The van der Waals surface area contributed by atoms with Crippen molar-refractivity contribution in [3.63, 3.8) is 0 Å². The van der Waals surface area contributed by atoms with Gasteiger partial charge in [0.05, 0.1) is 0 Å². The van der Waals surface area contributed by atoms with Crippen LogP contribution in [0.5, 0.6) is 0 Å². The molecule has 0 bridgehead atoms. The van der Waals surface area contributed by atoms with Gasteiger partial charge in [-0.1, -0.05) is 6.07 Å². The first kappa shape index (κ1) is 21.4. The number of thiophene rings is 1. The molecule has 1 aliphatic carbocycles. The molecule has 2 aromatic rings. The van der Waals surface area contributed by atoms with Gasteiger partial charge < -0.3 is 15.1 Å². The zero-order chi connectivity index (χ0) is 21.1. The SMILES string of the molecule is CN(C)C(=O)NC1CCC(F)(CCN2CCN(c3cccc4sccc34)CC2)CC1. The van der Waals surface area contributed by atoms with E-state index in [1.165, 1.54) is 20.7 Å². The third kappa shape index (κ3) is 4.89. The van der Waals surface area contributed by atoms with Crippen molar-refractivity contribution < 1.29 is 9.18 Å². The van der Waals surface area contributed by atoms with Crippen LogP contribution in [0.15, 0.2) is 29.6 Å². The standard InChI is InChI=1S/C23H33FN4OS/c1-26(2)22(29)25-18-6-9-23(24,10-7-18)11-12-27-13-15-28(16-14-27)20-4-3-5-21-19(20)8-17-30-21/h3-5,8,17-18H,6-7,9-16H2,1-2H3,(H,25,29). The molecular formula is C23H33FN4OS. The fourth-order valence-corrected chi connectivity index (χ4v) is 5.47. The van der Waals surface area contributed by atoms with E-state index >= 15 is 4.39 Å². The van der Waals surface area contributed by atoms with Crippen LogP contribution in [-0.2, 0) is 0 Å². The van der Waals surface area contributed by atoms with E-state index in [9.17, 15) is 4.79 Å². The molecule has 2 aliphatic rings. The Balaban J connectivity index is 1.22. The van der Waals surface area contributed by atoms with Gasteiger partial charge in [0.25, 0.3) is 0 Å². The number of carbonyl (C=O) groups is 1. The van der Waals surface area contributed by atoms with Gasteiger partial charge in [-0.3, -0.25) is 4.90 Å². The molecule has 1 aliphatic heterocycles. The molecule has 2 heterocycles. The van der Waals surface area contributed by atoms with Crippen LogP contribution in [0.25, 0.3) is 10.1 Å². The van der Waals surface area contributed by atoms with E-state index in [1.807, 2.05) is 0 Å². The topological polar surface area (TPSA) is 38.8 Å². The predicted molar refractivity (Wildman–Crippen MR) is 123 cm³/mol. The maximum atomic E-state index is 15.3. The predicted octanol–water partition coefficient (Wildman–Crippen LogP) is 4.34. The number of benzene rings is 1. The fourth-order valence-electron chi connectivity index (χ4n) is 4.66. The van der Waals surface area contributed by atoms with Crippen LogP contribution in [0.4, 0.5) is 14.9 Å². The van der Waals surface area contributed by atoms with Crippen molar-refractivity contribution in [3.8, 4) is 0 Å². The summed E-state index contributed by atoms with van der Waals surface area (Å²) in [6, 6.07) is 8.78. The van der Waals surface area contributed by atoms with Gasteiger partial charge >= 0.3 is 6.03 Å². The van der Waals surface area contributed by atoms with Crippen LogP contribution in [0.2, 0.25) is 0 Å². The number of fused-ring (bicyclic) bond motifs is 1. The molecule has 2 amide bonds. The Morgan fingerprint density at radius 3 is 2.63 bits per heavy atom. The molecule has 7 heteroatoms. The lowest BCUT2D eigenvalue weighted by molar-refractivity contribution is 0.0681. The first-order valence-corrected chi connectivity index (χ1v) is 11.9. The lowest BCUT2D eigenvalue weighted by atomic mass is 9.81. The lowest BCUT2D eigenvalue weighted by Gasteiger charge is -2.39. The minimum Gasteiger partial charge on any atom is -0.368 e. The molecule has 30 heavy (non-hydrogen) atoms. The van der Waals surface area contributed by atoms with Crippen molar-refractivity contribution >= 4 is 33.1 Å². The third-order valence-electron chi connectivity index (χ3n) is 6.68. The Morgan fingerprint density at radius 2 is 1.93 bits per heavy atom. The smallest absolute Gasteiger partial charge is 0.317 e. The number of rotatable bonds is 5. The second-order valence-electron chi connectivity index (χ2n) is 8.96. The number of hydrogen-bond acceptors (Lipinski definition) is 4. The molecule has 0 atom stereocenters. The van der Waals surface area contributed by atoms with Crippen molar-refractivity contribution in [2.75, 3.05) is 51.7 Å². The van der Waals surface area contributed by atoms with Crippen molar-refractivity contribution in [2.45, 2.75) is 43.8 Å². The number of halogens is 1. The number of carbonyl (C=O) groups excluding carboxylic acids is 1. The van der Waals surface area contributed by atoms with Crippen LogP contribution in [0.3, 0.4) is 0 Å². The monoisotopic (exact) mass is 432 g/mol. The second-order valence-corrected chi connectivity index (χ2v) is 9.91. The third-order valence-corrected chi connectivity index (χ3v) is 7.56. The Morgan fingerprint density at radius 1 is 1.20 bits per heavy atom. The highest BCUT2D eigenvalue weighted by atomic mass is 32.1. The number of alkyl halides is 1. The van der Waals surface area contributed by atoms with Crippen molar-refractivity contribution in [1.29, 1.82) is 0 Å². The highest BCUT2D eigenvalue weighted by Gasteiger charge is 2.36. The molecule has 1 saturated heterocycles. The number of piperazine rings is 1. The number of amides is 2. The number of anilines is 1. The Kier molecular flexibility index (Phi) is 6.48. The van der Waals surface area contributed by atoms with Gasteiger partial charge in [0.2, 0.25) is 0 Å². The highest BCUT2D eigenvalue weighted by Crippen LogP contribution is 2.35. The molecular weight excluding hydrogens is 399 g/mol. The zero-order valence-electron chi connectivity index (χ0n) is 18.1. The van der Waals surface area contributed by atoms with Crippen LogP contribution >= 0.6 is 11.3 Å². The second kappa shape index (κ2) is 9.10. The van der Waals surface area contributed by atoms with Gasteiger partial charge in [0, 0.05) is 68.6 Å². The van der Waals surface area contributed by atoms with E-state index in [0.717, 1.165) is 45.6 Å². The van der Waals surface area contributed by atoms with Crippen molar-refractivity contribution in [2.24, 2.45) is 0 Å². The zero-order valence-corrected chi connectivity index (χ0v) is 18.9. The summed E-state index contributed by atoms with van der Waals surface area (Å²) in [5.41, 5.74) is 0.243. The molecule has 1 saturated carbocycles. The molecule has 164 valence electrons. The van der Waals surface area contributed by atoms with Crippen molar-refractivity contribution in [3.05, 3.63) is 29.6 Å². The largest absolute Gasteiger partial charge is 0.368 e. The molecule has 2 fully saturated rings. The molecule has 4 rings (SSSR count). The summed E-state index contributed by atoms with van der Waals surface area (Å²) in [5.74, 6) is 0. The van der Waals surface area contributed by atoms with Gasteiger partial charge in [-0.15, -0.1) is 11.3 Å². The Bertz CT molecular complexity index is 854. The summed E-state index contributed by atoms with van der Waals surface area (Å²) in [4.78, 5) is 18.2. The number of urea groups is 1. The average molecular weight is 433 g/mol. The summed E-state index contributed by atoms with van der Waals surface area (Å²) >= 11 is 1.79. The molecule has 0 radical (unpaired) electrons. The summed E-state index contributed by atoms with van der Waals surface area (Å²) in [6.07, 6.45) is 3.15. The number of nitrogens with zero attached hydrogens (tertiary/aromatic N) is 3. The van der Waals surface area contributed by atoms with E-state index in [1.54, 1.807) is 25.4 Å². The van der Waals surface area contributed by atoms with E-state index < -0.39 is 5.67 Å². The minimum absolute atomic E-state index is 0.0811. The van der Waals surface area contributed by atoms with Gasteiger partial charge in [0.1, 0.15) is 5.67 Å². The van der Waals surface area contributed by atoms with Crippen LogP contribution < -0.4 is 10.2 Å². The first-order valence-electron chi connectivity index (χ1n) is 11.0. The summed E-state index contributed by atoms with van der Waals surface area (Å²) < 4.78 is 16.7. The van der Waals surface area contributed by atoms with Crippen LogP contribution in [0, 0.1) is 0 Å². The van der Waals surface area contributed by atoms with E-state index in [4.69, 9.17) is 0 Å². The van der Waals surface area contributed by atoms with Crippen LogP contribution in [0.1, 0.15) is 32.1 Å². The number of nitrogens with one attached hydrogen (secondary N) is 1. The normalized spacial score (nSPS) is 25.4. The average Bonchev–Trinajstić information content (AvgIpc) is 3.23. The Labute approximate surface area is 182 Å². The molecule has 1 aromatic heterocycles. The quantitative estimate of drug-likeness (QED) is 0.764. The summed E-state index contributed by atoms with van der Waals surface area (Å²) in [6.45, 7) is 4.78. The first-order chi connectivity index (χ1) is 14.4. The molecule has 0 spiro atoms. The van der Waals surface area contributed by atoms with Crippen LogP contribution in [-0.4, -0.2) is 74.4 Å². The van der Waals surface area contributed by atoms with Crippen molar-refractivity contribution in [1.82, 2.24) is 15.1 Å². The fraction of sp³-hybridized carbons (Fsp3) is 0.609. The molecule has 1 aromatic carbocycles. The highest BCUT2D eigenvalue weighted by molar-refractivity contribution is 7.17. The Hall–Kier alpha value is -1.86. The molecule has 0 unspecified atom stereocenters. The summed E-state index contributed by atoms with van der Waals surface area (Å²) in [5, 5.41) is 6.50. The van der Waals surface area contributed by atoms with Gasteiger partial charge in [-0.25, -0.2) is 9.18 Å². The maximum absolute atomic E-state index is 15.3. The lowest BCUT2D eigenvalue weighted by Crippen LogP contribution is -2.49. The van der Waals surface area contributed by atoms with E-state index in [-0.39, 0.29) is 12.1 Å². The maximum Gasteiger partial charge on any atom is 0.317 e.